The van der Waals surface area contributed by atoms with Crippen molar-refractivity contribution in [2.45, 2.75) is 46.0 Å². The molecule has 0 N–H and O–H groups in total. The molecule has 1 aromatic heterocycles. The summed E-state index contributed by atoms with van der Waals surface area (Å²) in [5.41, 5.74) is 1.12. The topological polar surface area (TPSA) is 69.4 Å². The van der Waals surface area contributed by atoms with Gasteiger partial charge in [0.25, 0.3) is 10.1 Å². The van der Waals surface area contributed by atoms with E-state index in [1.54, 1.807) is 6.07 Å². The molecule has 23 heavy (non-hydrogen) atoms. The Kier molecular flexibility index (Phi) is 7.64. The van der Waals surface area contributed by atoms with E-state index < -0.39 is 10.1 Å². The molecule has 0 aliphatic heterocycles. The maximum Gasteiger partial charge on any atom is 0.264 e. The van der Waals surface area contributed by atoms with E-state index in [4.69, 9.17) is 8.71 Å². The molecule has 2 rings (SSSR count). The van der Waals surface area contributed by atoms with E-state index in [1.165, 1.54) is 12.1 Å². The first-order chi connectivity index (χ1) is 10.9. The molecule has 2 aromatic rings. The zero-order valence-corrected chi connectivity index (χ0v) is 14.8. The van der Waals surface area contributed by atoms with Gasteiger partial charge in [0.05, 0.1) is 18.6 Å². The highest BCUT2D eigenvalue weighted by Gasteiger charge is 2.19. The second kappa shape index (κ2) is 8.98. The van der Waals surface area contributed by atoms with Crippen LogP contribution in [0.1, 0.15) is 51.6 Å². The van der Waals surface area contributed by atoms with Crippen LogP contribution >= 0.6 is 0 Å². The van der Waals surface area contributed by atoms with Gasteiger partial charge in [0, 0.05) is 17.4 Å². The van der Waals surface area contributed by atoms with Crippen molar-refractivity contribution in [1.29, 1.82) is 0 Å². The number of hydrogen-bond acceptors (Lipinski definition) is 5. The second-order valence-corrected chi connectivity index (χ2v) is 6.65. The highest BCUT2D eigenvalue weighted by molar-refractivity contribution is 7.85. The summed E-state index contributed by atoms with van der Waals surface area (Å²) in [5.74, 6) is -0.360. The zero-order valence-electron chi connectivity index (χ0n) is 14.0. The minimum absolute atomic E-state index is 0.0171. The summed E-state index contributed by atoms with van der Waals surface area (Å²) in [5, 5.41) is 4.78. The van der Waals surface area contributed by atoms with Gasteiger partial charge in [0.2, 0.25) is 0 Å². The molecule has 0 aliphatic rings. The fraction of sp³-hybridized carbons (Fsp3) is 0.562. The summed E-state index contributed by atoms with van der Waals surface area (Å²) in [6.07, 6.45) is 3.28. The Balaban J connectivity index is 0.00000127. The maximum absolute atomic E-state index is 13.2. The van der Waals surface area contributed by atoms with Gasteiger partial charge < -0.3 is 4.52 Å². The van der Waals surface area contributed by atoms with Gasteiger partial charge in [-0.25, -0.2) is 4.39 Å². The lowest BCUT2D eigenvalue weighted by molar-refractivity contribution is 0.296. The third-order valence-electron chi connectivity index (χ3n) is 3.25. The van der Waals surface area contributed by atoms with Crippen LogP contribution in [0.2, 0.25) is 0 Å². The summed E-state index contributed by atoms with van der Waals surface area (Å²) in [6.45, 7) is 6.13. The molecule has 0 spiro atoms. The molecule has 1 atom stereocenters. The highest BCUT2D eigenvalue weighted by Crippen LogP contribution is 2.31. The van der Waals surface area contributed by atoms with Crippen LogP contribution in [0, 0.1) is 5.82 Å². The Morgan fingerprint density at radius 1 is 1.30 bits per heavy atom. The molecule has 1 heterocycles. The second-order valence-electron chi connectivity index (χ2n) is 5.01. The van der Waals surface area contributed by atoms with Gasteiger partial charge in [-0.15, -0.1) is 0 Å². The fourth-order valence-corrected chi connectivity index (χ4v) is 2.73. The van der Waals surface area contributed by atoms with Gasteiger partial charge in [-0.05, 0) is 25.0 Å². The smallest absolute Gasteiger partial charge is 0.264 e. The van der Waals surface area contributed by atoms with Crippen LogP contribution in [0.15, 0.2) is 22.7 Å². The van der Waals surface area contributed by atoms with Gasteiger partial charge >= 0.3 is 0 Å². The standard InChI is InChI=1S/C14H18FNO4S.C2H6/c1-3-4-10(7-8-19-21(2,17)18)14-12-6-5-11(15)9-13(12)20-16-14;1-2/h5-6,9-10H,3-4,7-8H2,1-2H3;1-2H3. The monoisotopic (exact) mass is 345 g/mol. The van der Waals surface area contributed by atoms with Crippen LogP contribution in [0.25, 0.3) is 11.0 Å². The van der Waals surface area contributed by atoms with Gasteiger partial charge in [-0.3, -0.25) is 4.18 Å². The number of nitrogens with zero attached hydrogens (tertiary/aromatic N) is 1. The molecule has 0 saturated carbocycles. The average molecular weight is 345 g/mol. The lowest BCUT2D eigenvalue weighted by atomic mass is 9.94. The molecule has 130 valence electrons. The molecule has 0 saturated heterocycles. The van der Waals surface area contributed by atoms with Crippen LogP contribution in [-0.2, 0) is 14.3 Å². The van der Waals surface area contributed by atoms with Gasteiger partial charge in [-0.1, -0.05) is 32.3 Å². The van der Waals surface area contributed by atoms with E-state index >= 15 is 0 Å². The van der Waals surface area contributed by atoms with Crippen molar-refractivity contribution in [2.24, 2.45) is 0 Å². The van der Waals surface area contributed by atoms with E-state index in [9.17, 15) is 12.8 Å². The number of benzene rings is 1. The summed E-state index contributed by atoms with van der Waals surface area (Å²) in [7, 11) is -3.45. The van der Waals surface area contributed by atoms with E-state index in [-0.39, 0.29) is 18.3 Å². The number of rotatable bonds is 7. The Morgan fingerprint density at radius 2 is 2.00 bits per heavy atom. The van der Waals surface area contributed by atoms with Crippen molar-refractivity contribution < 1.29 is 21.5 Å². The first-order valence-electron chi connectivity index (χ1n) is 7.80. The molecule has 7 heteroatoms. The first-order valence-corrected chi connectivity index (χ1v) is 9.61. The van der Waals surface area contributed by atoms with Crippen molar-refractivity contribution in [1.82, 2.24) is 5.16 Å². The van der Waals surface area contributed by atoms with Gasteiger partial charge in [0.15, 0.2) is 5.58 Å². The average Bonchev–Trinajstić information content (AvgIpc) is 2.90. The van der Waals surface area contributed by atoms with E-state index in [0.717, 1.165) is 30.2 Å². The minimum Gasteiger partial charge on any atom is -0.356 e. The van der Waals surface area contributed by atoms with Crippen molar-refractivity contribution in [2.75, 3.05) is 12.9 Å². The SMILES string of the molecule is CC.CCCC(CCOS(C)(=O)=O)c1noc2cc(F)ccc12. The lowest BCUT2D eigenvalue weighted by Gasteiger charge is -2.13. The van der Waals surface area contributed by atoms with Crippen LogP contribution in [-0.4, -0.2) is 26.4 Å². The first kappa shape index (κ1) is 19.6. The minimum atomic E-state index is -3.45. The van der Waals surface area contributed by atoms with Crippen LogP contribution in [0.5, 0.6) is 0 Å². The predicted octanol–water partition coefficient (Wildman–Crippen LogP) is 4.24. The van der Waals surface area contributed by atoms with Crippen molar-refractivity contribution >= 4 is 21.1 Å². The number of hydrogen-bond donors (Lipinski definition) is 0. The Morgan fingerprint density at radius 3 is 2.61 bits per heavy atom. The number of fused-ring (bicyclic) bond motifs is 1. The number of halogens is 1. The quantitative estimate of drug-likeness (QED) is 0.702. The molecule has 0 fully saturated rings. The summed E-state index contributed by atoms with van der Waals surface area (Å²) < 4.78 is 45.1. The number of aromatic nitrogens is 1. The molecule has 1 unspecified atom stereocenters. The van der Waals surface area contributed by atoms with Crippen LogP contribution in [0.4, 0.5) is 4.39 Å². The zero-order chi connectivity index (χ0) is 17.5. The predicted molar refractivity (Wildman–Crippen MR) is 88.4 cm³/mol. The molecule has 0 radical (unpaired) electrons. The van der Waals surface area contributed by atoms with Gasteiger partial charge in [-0.2, -0.15) is 8.42 Å². The summed E-state index contributed by atoms with van der Waals surface area (Å²) in [6, 6.07) is 4.29. The Bertz CT molecular complexity index is 712. The third kappa shape index (κ3) is 5.91. The van der Waals surface area contributed by atoms with E-state index in [2.05, 4.69) is 5.16 Å². The molecule has 0 amide bonds. The third-order valence-corrected chi connectivity index (χ3v) is 3.84. The summed E-state index contributed by atoms with van der Waals surface area (Å²) in [4.78, 5) is 0. The molecular weight excluding hydrogens is 321 g/mol. The van der Waals surface area contributed by atoms with Gasteiger partial charge in [0.1, 0.15) is 5.82 Å². The van der Waals surface area contributed by atoms with Crippen LogP contribution < -0.4 is 0 Å². The van der Waals surface area contributed by atoms with Crippen molar-refractivity contribution in [3.05, 3.63) is 29.7 Å². The fourth-order valence-electron chi connectivity index (χ4n) is 2.33. The highest BCUT2D eigenvalue weighted by atomic mass is 32.2. The molecule has 0 bridgehead atoms. The maximum atomic E-state index is 13.2. The molecule has 0 aliphatic carbocycles. The largest absolute Gasteiger partial charge is 0.356 e. The van der Waals surface area contributed by atoms with E-state index in [1.807, 2.05) is 20.8 Å². The Hall–Kier alpha value is -1.47. The van der Waals surface area contributed by atoms with Crippen molar-refractivity contribution in [3.8, 4) is 0 Å². The molecular formula is C16H24FNO4S. The lowest BCUT2D eigenvalue weighted by Crippen LogP contribution is -2.09. The van der Waals surface area contributed by atoms with Crippen LogP contribution in [0.3, 0.4) is 0 Å². The molecule has 5 nitrogen and oxygen atoms in total. The van der Waals surface area contributed by atoms with Crippen molar-refractivity contribution in [3.63, 3.8) is 0 Å². The normalized spacial score (nSPS) is 12.7. The van der Waals surface area contributed by atoms with E-state index in [0.29, 0.717) is 12.0 Å². The molecule has 1 aromatic carbocycles. The summed E-state index contributed by atoms with van der Waals surface area (Å²) >= 11 is 0. The Labute approximate surface area is 136 Å².